The van der Waals surface area contributed by atoms with E-state index in [1.807, 2.05) is 42.5 Å². The molecule has 0 saturated carbocycles. The molecule has 2 aromatic rings. The van der Waals surface area contributed by atoms with E-state index in [1.165, 1.54) is 6.42 Å². The molecule has 4 nitrogen and oxygen atoms in total. The summed E-state index contributed by atoms with van der Waals surface area (Å²) in [7, 11) is 0. The van der Waals surface area contributed by atoms with Gasteiger partial charge in [-0.1, -0.05) is 34.1 Å². The van der Waals surface area contributed by atoms with Gasteiger partial charge in [0.15, 0.2) is 0 Å². The van der Waals surface area contributed by atoms with Crippen molar-refractivity contribution < 1.29 is 9.53 Å². The maximum Gasteiger partial charge on any atom is 0.255 e. The van der Waals surface area contributed by atoms with E-state index < -0.39 is 0 Å². The summed E-state index contributed by atoms with van der Waals surface area (Å²) in [5.74, 6) is 1.16. The monoisotopic (exact) mass is 374 g/mol. The van der Waals surface area contributed by atoms with Crippen molar-refractivity contribution in [2.75, 3.05) is 26.2 Å². The Morgan fingerprint density at radius 1 is 1.17 bits per heavy atom. The van der Waals surface area contributed by atoms with Crippen molar-refractivity contribution in [2.45, 2.75) is 6.42 Å². The molecule has 0 spiro atoms. The third kappa shape index (κ3) is 4.33. The largest absolute Gasteiger partial charge is 0.456 e. The van der Waals surface area contributed by atoms with Gasteiger partial charge in [0.25, 0.3) is 5.91 Å². The minimum atomic E-state index is -0.101. The highest BCUT2D eigenvalue weighted by Crippen LogP contribution is 2.27. The van der Waals surface area contributed by atoms with Crippen LogP contribution in [0.2, 0.25) is 0 Å². The minimum Gasteiger partial charge on any atom is -0.456 e. The highest BCUT2D eigenvalue weighted by molar-refractivity contribution is 9.10. The van der Waals surface area contributed by atoms with Crippen LogP contribution in [-0.4, -0.2) is 37.0 Å². The minimum absolute atomic E-state index is 0.101. The number of amides is 1. The quantitative estimate of drug-likeness (QED) is 0.838. The average molecular weight is 375 g/mol. The van der Waals surface area contributed by atoms with Gasteiger partial charge in [0.05, 0.1) is 5.56 Å². The molecule has 0 unspecified atom stereocenters. The number of carbonyl (C=O) groups excluding carboxylic acids is 1. The van der Waals surface area contributed by atoms with Crippen LogP contribution in [0.5, 0.6) is 11.5 Å². The number of likely N-dealkylation sites (tertiary alicyclic amines) is 1. The lowest BCUT2D eigenvalue weighted by molar-refractivity contribution is 0.0939. The van der Waals surface area contributed by atoms with Crippen LogP contribution < -0.4 is 10.1 Å². The first-order chi connectivity index (χ1) is 11.2. The SMILES string of the molecule is O=C(NCCN1CCC1)c1ccccc1Oc1cccc(Br)c1. The van der Waals surface area contributed by atoms with E-state index >= 15 is 0 Å². The predicted molar refractivity (Wildman–Crippen MR) is 94.0 cm³/mol. The van der Waals surface area contributed by atoms with E-state index in [-0.39, 0.29) is 5.91 Å². The number of halogens is 1. The van der Waals surface area contributed by atoms with Gasteiger partial charge in [-0.25, -0.2) is 0 Å². The van der Waals surface area contributed by atoms with Gasteiger partial charge in [-0.3, -0.25) is 4.79 Å². The summed E-state index contributed by atoms with van der Waals surface area (Å²) < 4.78 is 6.81. The van der Waals surface area contributed by atoms with E-state index in [0.717, 1.165) is 24.1 Å². The van der Waals surface area contributed by atoms with Crippen molar-refractivity contribution in [1.82, 2.24) is 10.2 Å². The first-order valence-corrected chi connectivity index (χ1v) is 8.55. The second-order valence-corrected chi connectivity index (χ2v) is 6.42. The zero-order valence-electron chi connectivity index (χ0n) is 12.8. The molecule has 2 aromatic carbocycles. The number of rotatable bonds is 6. The maximum absolute atomic E-state index is 12.4. The number of hydrogen-bond acceptors (Lipinski definition) is 3. The third-order valence-corrected chi connectivity index (χ3v) is 4.31. The molecule has 3 rings (SSSR count). The van der Waals surface area contributed by atoms with Gasteiger partial charge < -0.3 is 15.0 Å². The molecule has 1 heterocycles. The van der Waals surface area contributed by atoms with E-state index in [9.17, 15) is 4.79 Å². The van der Waals surface area contributed by atoms with Crippen molar-refractivity contribution in [3.63, 3.8) is 0 Å². The second kappa shape index (κ2) is 7.62. The van der Waals surface area contributed by atoms with Crippen molar-refractivity contribution in [1.29, 1.82) is 0 Å². The Labute approximate surface area is 144 Å². The highest BCUT2D eigenvalue weighted by atomic mass is 79.9. The van der Waals surface area contributed by atoms with Crippen LogP contribution in [0.25, 0.3) is 0 Å². The van der Waals surface area contributed by atoms with Crippen molar-refractivity contribution in [3.05, 3.63) is 58.6 Å². The highest BCUT2D eigenvalue weighted by Gasteiger charge is 2.15. The number of ether oxygens (including phenoxy) is 1. The molecule has 1 fully saturated rings. The Balaban J connectivity index is 1.65. The van der Waals surface area contributed by atoms with E-state index in [1.54, 1.807) is 6.07 Å². The molecule has 0 aromatic heterocycles. The normalized spacial score (nSPS) is 14.1. The summed E-state index contributed by atoms with van der Waals surface area (Å²) in [6.07, 6.45) is 1.26. The number of nitrogens with one attached hydrogen (secondary N) is 1. The number of benzene rings is 2. The van der Waals surface area contributed by atoms with Gasteiger partial charge in [0, 0.05) is 17.6 Å². The second-order valence-electron chi connectivity index (χ2n) is 5.51. The fourth-order valence-electron chi connectivity index (χ4n) is 2.43. The molecule has 1 saturated heterocycles. The molecule has 0 radical (unpaired) electrons. The lowest BCUT2D eigenvalue weighted by atomic mass is 10.2. The van der Waals surface area contributed by atoms with E-state index in [0.29, 0.717) is 23.6 Å². The lowest BCUT2D eigenvalue weighted by Crippen LogP contribution is -2.42. The lowest BCUT2D eigenvalue weighted by Gasteiger charge is -2.30. The Hall–Kier alpha value is -1.85. The number of hydrogen-bond donors (Lipinski definition) is 1. The summed E-state index contributed by atoms with van der Waals surface area (Å²) in [4.78, 5) is 14.7. The first kappa shape index (κ1) is 16.0. The molecular formula is C18H19BrN2O2. The fraction of sp³-hybridized carbons (Fsp3) is 0.278. The van der Waals surface area contributed by atoms with Gasteiger partial charge >= 0.3 is 0 Å². The van der Waals surface area contributed by atoms with Gasteiger partial charge in [0.1, 0.15) is 11.5 Å². The predicted octanol–water partition coefficient (Wildman–Crippen LogP) is 3.68. The van der Waals surface area contributed by atoms with E-state index in [4.69, 9.17) is 4.74 Å². The van der Waals surface area contributed by atoms with Crippen molar-refractivity contribution in [2.24, 2.45) is 0 Å². The topological polar surface area (TPSA) is 41.6 Å². The van der Waals surface area contributed by atoms with Gasteiger partial charge in [-0.2, -0.15) is 0 Å². The van der Waals surface area contributed by atoms with Crippen LogP contribution >= 0.6 is 15.9 Å². The van der Waals surface area contributed by atoms with Crippen LogP contribution in [0.4, 0.5) is 0 Å². The molecule has 1 aliphatic heterocycles. The zero-order chi connectivity index (χ0) is 16.1. The summed E-state index contributed by atoms with van der Waals surface area (Å²) in [5, 5.41) is 2.97. The molecule has 1 aliphatic rings. The molecule has 23 heavy (non-hydrogen) atoms. The fourth-order valence-corrected chi connectivity index (χ4v) is 2.81. The zero-order valence-corrected chi connectivity index (χ0v) is 14.4. The Kier molecular flexibility index (Phi) is 5.31. The molecule has 0 atom stereocenters. The van der Waals surface area contributed by atoms with Gasteiger partial charge in [0.2, 0.25) is 0 Å². The van der Waals surface area contributed by atoms with Crippen LogP contribution in [0.1, 0.15) is 16.8 Å². The Morgan fingerprint density at radius 3 is 2.74 bits per heavy atom. The van der Waals surface area contributed by atoms with Gasteiger partial charge in [-0.05, 0) is 49.8 Å². The van der Waals surface area contributed by atoms with Crippen molar-refractivity contribution in [3.8, 4) is 11.5 Å². The summed E-state index contributed by atoms with van der Waals surface area (Å²) in [6, 6.07) is 14.9. The average Bonchev–Trinajstić information content (AvgIpc) is 2.50. The van der Waals surface area contributed by atoms with Crippen LogP contribution in [-0.2, 0) is 0 Å². The molecular weight excluding hydrogens is 356 g/mol. The number of nitrogens with zero attached hydrogens (tertiary/aromatic N) is 1. The summed E-state index contributed by atoms with van der Waals surface area (Å²) in [5.41, 5.74) is 0.552. The smallest absolute Gasteiger partial charge is 0.255 e. The standard InChI is InChI=1S/C18H19BrN2O2/c19-14-5-3-6-15(13-14)23-17-8-2-1-7-16(17)18(22)20-9-12-21-10-4-11-21/h1-3,5-8,13H,4,9-12H2,(H,20,22). The molecule has 120 valence electrons. The van der Waals surface area contributed by atoms with Crippen LogP contribution in [0, 0.1) is 0 Å². The summed E-state index contributed by atoms with van der Waals surface area (Å²) >= 11 is 3.42. The molecule has 0 bridgehead atoms. The van der Waals surface area contributed by atoms with Crippen LogP contribution in [0.3, 0.4) is 0 Å². The Morgan fingerprint density at radius 2 is 2.00 bits per heavy atom. The first-order valence-electron chi connectivity index (χ1n) is 7.75. The maximum atomic E-state index is 12.4. The number of carbonyl (C=O) groups is 1. The Bertz CT molecular complexity index is 686. The number of para-hydroxylation sites is 1. The van der Waals surface area contributed by atoms with Crippen molar-refractivity contribution >= 4 is 21.8 Å². The van der Waals surface area contributed by atoms with Crippen LogP contribution in [0.15, 0.2) is 53.0 Å². The molecule has 1 N–H and O–H groups in total. The summed E-state index contributed by atoms with van der Waals surface area (Å²) in [6.45, 7) is 3.83. The molecule has 1 amide bonds. The van der Waals surface area contributed by atoms with E-state index in [2.05, 4.69) is 26.1 Å². The molecule has 0 aliphatic carbocycles. The third-order valence-electron chi connectivity index (χ3n) is 3.82. The van der Waals surface area contributed by atoms with Gasteiger partial charge in [-0.15, -0.1) is 0 Å². The molecule has 5 heteroatoms.